The molecule has 0 saturated heterocycles. The van der Waals surface area contributed by atoms with Gasteiger partial charge in [0.25, 0.3) is 5.91 Å². The van der Waals surface area contributed by atoms with Crippen LogP contribution in [0.4, 0.5) is 10.1 Å². The van der Waals surface area contributed by atoms with Crippen molar-refractivity contribution in [3.05, 3.63) is 53.6 Å². The molecule has 2 aromatic heterocycles. The summed E-state index contributed by atoms with van der Waals surface area (Å²) in [5.41, 5.74) is 3.14. The Bertz CT molecular complexity index is 1010. The summed E-state index contributed by atoms with van der Waals surface area (Å²) < 4.78 is 14.9. The van der Waals surface area contributed by atoms with E-state index in [1.54, 1.807) is 24.5 Å². The van der Waals surface area contributed by atoms with Gasteiger partial charge in [-0.3, -0.25) is 4.79 Å². The highest BCUT2D eigenvalue weighted by atomic mass is 19.1. The Kier molecular flexibility index (Phi) is 6.26. The molecule has 2 heterocycles. The fraction of sp³-hybridized carbons (Fsp3) is 0.435. The number of carbonyl (C=O) groups is 1. The van der Waals surface area contributed by atoms with Crippen molar-refractivity contribution in [1.82, 2.24) is 20.1 Å². The molecule has 7 heteroatoms. The highest BCUT2D eigenvalue weighted by Crippen LogP contribution is 2.29. The lowest BCUT2D eigenvalue weighted by atomic mass is 9.95. The fourth-order valence-corrected chi connectivity index (χ4v) is 4.10. The molecule has 0 atom stereocenters. The molecule has 4 rings (SSSR count). The van der Waals surface area contributed by atoms with Gasteiger partial charge in [-0.1, -0.05) is 31.4 Å². The van der Waals surface area contributed by atoms with Gasteiger partial charge in [-0.2, -0.15) is 5.10 Å². The summed E-state index contributed by atoms with van der Waals surface area (Å²) in [6, 6.07) is 6.72. The lowest BCUT2D eigenvalue weighted by Gasteiger charge is -2.25. The molecule has 158 valence electrons. The van der Waals surface area contributed by atoms with Gasteiger partial charge in [-0.25, -0.2) is 14.1 Å². The number of carbonyl (C=O) groups excluding carboxylic acids is 1. The summed E-state index contributed by atoms with van der Waals surface area (Å²) in [7, 11) is 0. The topological polar surface area (TPSA) is 71.8 Å². The van der Waals surface area contributed by atoms with E-state index in [0.29, 0.717) is 24.6 Å². The minimum Gasteiger partial charge on any atom is -0.381 e. The Morgan fingerprint density at radius 3 is 2.67 bits per heavy atom. The van der Waals surface area contributed by atoms with Gasteiger partial charge in [0.1, 0.15) is 5.82 Å². The molecule has 6 nitrogen and oxygen atoms in total. The summed E-state index contributed by atoms with van der Waals surface area (Å²) in [5.74, 6) is -0.415. The second-order valence-electron chi connectivity index (χ2n) is 7.86. The number of aryl methyl sites for hydroxylation is 1. The summed E-state index contributed by atoms with van der Waals surface area (Å²) in [5, 5.41) is 11.9. The third kappa shape index (κ3) is 4.45. The number of benzene rings is 1. The van der Waals surface area contributed by atoms with Crippen LogP contribution in [0.1, 0.15) is 54.9 Å². The number of amides is 1. The highest BCUT2D eigenvalue weighted by molar-refractivity contribution is 6.06. The number of pyridine rings is 1. The van der Waals surface area contributed by atoms with Crippen LogP contribution in [-0.4, -0.2) is 33.3 Å². The van der Waals surface area contributed by atoms with E-state index in [-0.39, 0.29) is 11.7 Å². The maximum Gasteiger partial charge on any atom is 0.254 e. The maximum absolute atomic E-state index is 13.1. The molecule has 1 aliphatic carbocycles. The third-order valence-corrected chi connectivity index (χ3v) is 5.78. The Hall–Kier alpha value is -2.96. The van der Waals surface area contributed by atoms with Crippen molar-refractivity contribution in [1.29, 1.82) is 0 Å². The maximum atomic E-state index is 13.1. The third-order valence-electron chi connectivity index (χ3n) is 5.78. The van der Waals surface area contributed by atoms with Gasteiger partial charge >= 0.3 is 0 Å². The number of rotatable bonds is 7. The smallest absolute Gasteiger partial charge is 0.254 e. The Labute approximate surface area is 175 Å². The number of aromatic nitrogens is 3. The summed E-state index contributed by atoms with van der Waals surface area (Å²) in [4.78, 5) is 17.5. The zero-order chi connectivity index (χ0) is 20.9. The number of nitrogens with one attached hydrogen (secondary N) is 2. The molecule has 0 unspecified atom stereocenters. The van der Waals surface area contributed by atoms with E-state index in [4.69, 9.17) is 0 Å². The number of anilines is 1. The molecule has 1 aliphatic rings. The van der Waals surface area contributed by atoms with Crippen molar-refractivity contribution in [2.45, 2.75) is 58.0 Å². The fourth-order valence-electron chi connectivity index (χ4n) is 4.10. The lowest BCUT2D eigenvalue weighted by Crippen LogP contribution is -2.29. The Morgan fingerprint density at radius 1 is 1.17 bits per heavy atom. The molecule has 30 heavy (non-hydrogen) atoms. The van der Waals surface area contributed by atoms with E-state index in [2.05, 4.69) is 20.7 Å². The molecular formula is C23H28FN5O. The van der Waals surface area contributed by atoms with Gasteiger partial charge < -0.3 is 10.6 Å². The van der Waals surface area contributed by atoms with E-state index in [0.717, 1.165) is 41.7 Å². The quantitative estimate of drug-likeness (QED) is 0.610. The summed E-state index contributed by atoms with van der Waals surface area (Å²) in [6.07, 6.45) is 9.99. The van der Waals surface area contributed by atoms with Crippen LogP contribution in [-0.2, 0) is 13.0 Å². The minimum atomic E-state index is -0.256. The monoisotopic (exact) mass is 409 g/mol. The zero-order valence-electron chi connectivity index (χ0n) is 17.3. The summed E-state index contributed by atoms with van der Waals surface area (Å²) >= 11 is 0. The molecule has 0 spiro atoms. The molecule has 0 bridgehead atoms. The summed E-state index contributed by atoms with van der Waals surface area (Å²) in [6.45, 7) is 3.22. The molecule has 1 amide bonds. The van der Waals surface area contributed by atoms with Crippen LogP contribution < -0.4 is 10.6 Å². The standard InChI is InChI=1S/C23H28FN5O/c1-2-29-22-19(15-27-29)21(28-18-6-4-3-5-7-18)20(14-26-22)23(30)25-13-12-16-8-10-17(24)11-9-16/h8-11,14-15,18H,2-7,12-13H2,1H3,(H,25,30)(H,26,28). The average molecular weight is 410 g/mol. The van der Waals surface area contributed by atoms with E-state index >= 15 is 0 Å². The van der Waals surface area contributed by atoms with E-state index < -0.39 is 0 Å². The van der Waals surface area contributed by atoms with Crippen LogP contribution in [0.2, 0.25) is 0 Å². The van der Waals surface area contributed by atoms with E-state index in [1.165, 1.54) is 31.4 Å². The van der Waals surface area contributed by atoms with Crippen molar-refractivity contribution in [3.8, 4) is 0 Å². The number of fused-ring (bicyclic) bond motifs is 1. The first-order valence-corrected chi connectivity index (χ1v) is 10.8. The minimum absolute atomic E-state index is 0.158. The largest absolute Gasteiger partial charge is 0.381 e. The van der Waals surface area contributed by atoms with Crippen molar-refractivity contribution < 1.29 is 9.18 Å². The molecule has 1 saturated carbocycles. The molecule has 1 fully saturated rings. The second-order valence-corrected chi connectivity index (χ2v) is 7.86. The van der Waals surface area contributed by atoms with Crippen LogP contribution in [0.3, 0.4) is 0 Å². The number of hydrogen-bond donors (Lipinski definition) is 2. The molecule has 1 aromatic carbocycles. The lowest BCUT2D eigenvalue weighted by molar-refractivity contribution is 0.0954. The SMILES string of the molecule is CCn1ncc2c(NC3CCCCC3)c(C(=O)NCCc3ccc(F)cc3)cnc21. The Balaban J connectivity index is 1.54. The number of hydrogen-bond acceptors (Lipinski definition) is 4. The predicted octanol–water partition coefficient (Wildman–Crippen LogP) is 4.31. The first-order chi connectivity index (χ1) is 14.7. The van der Waals surface area contributed by atoms with Gasteiger partial charge in [-0.05, 0) is 43.9 Å². The molecule has 2 N–H and O–H groups in total. The van der Waals surface area contributed by atoms with Crippen LogP contribution >= 0.6 is 0 Å². The predicted molar refractivity (Wildman–Crippen MR) is 116 cm³/mol. The van der Waals surface area contributed by atoms with Crippen LogP contribution in [0.5, 0.6) is 0 Å². The first kappa shape index (κ1) is 20.3. The van der Waals surface area contributed by atoms with E-state index in [9.17, 15) is 9.18 Å². The molecule has 3 aromatic rings. The van der Waals surface area contributed by atoms with Gasteiger partial charge in [0.2, 0.25) is 0 Å². The zero-order valence-corrected chi connectivity index (χ0v) is 17.3. The average Bonchev–Trinajstić information content (AvgIpc) is 3.20. The van der Waals surface area contributed by atoms with Gasteiger partial charge in [0, 0.05) is 25.3 Å². The van der Waals surface area contributed by atoms with Crippen LogP contribution in [0, 0.1) is 5.82 Å². The van der Waals surface area contributed by atoms with Gasteiger partial charge in [0.15, 0.2) is 5.65 Å². The van der Waals surface area contributed by atoms with Crippen molar-refractivity contribution in [2.24, 2.45) is 0 Å². The van der Waals surface area contributed by atoms with Crippen molar-refractivity contribution in [2.75, 3.05) is 11.9 Å². The molecule has 0 radical (unpaired) electrons. The molecular weight excluding hydrogens is 381 g/mol. The van der Waals surface area contributed by atoms with Crippen molar-refractivity contribution in [3.63, 3.8) is 0 Å². The number of halogens is 1. The first-order valence-electron chi connectivity index (χ1n) is 10.8. The van der Waals surface area contributed by atoms with Crippen LogP contribution in [0.15, 0.2) is 36.7 Å². The van der Waals surface area contributed by atoms with Crippen molar-refractivity contribution >= 4 is 22.6 Å². The Morgan fingerprint density at radius 2 is 1.93 bits per heavy atom. The molecule has 0 aliphatic heterocycles. The van der Waals surface area contributed by atoms with Gasteiger partial charge in [0.05, 0.1) is 22.8 Å². The highest BCUT2D eigenvalue weighted by Gasteiger charge is 2.21. The van der Waals surface area contributed by atoms with Gasteiger partial charge in [-0.15, -0.1) is 0 Å². The van der Waals surface area contributed by atoms with E-state index in [1.807, 2.05) is 11.6 Å². The number of nitrogens with zero attached hydrogens (tertiary/aromatic N) is 3. The normalized spacial score (nSPS) is 14.7. The van der Waals surface area contributed by atoms with Crippen LogP contribution in [0.25, 0.3) is 11.0 Å². The second kappa shape index (κ2) is 9.24.